The van der Waals surface area contributed by atoms with Crippen LogP contribution in [0.4, 0.5) is 0 Å². The molecule has 76 valence electrons. The van der Waals surface area contributed by atoms with Crippen molar-refractivity contribution >= 4 is 0 Å². The van der Waals surface area contributed by atoms with E-state index in [1.807, 2.05) is 0 Å². The van der Waals surface area contributed by atoms with Gasteiger partial charge >= 0.3 is 0 Å². The minimum Gasteiger partial charge on any atom is -0.349 e. The van der Waals surface area contributed by atoms with Crippen LogP contribution in [0.3, 0.4) is 0 Å². The third-order valence-corrected chi connectivity index (χ3v) is 3.59. The van der Waals surface area contributed by atoms with Gasteiger partial charge in [0.25, 0.3) is 0 Å². The van der Waals surface area contributed by atoms with Gasteiger partial charge in [-0.15, -0.1) is 0 Å². The standard InChI is InChI=1S/C11H20O2/c1-9-5-3-7-12-11(9)10(2)6-4-8-13-11/h9-10H,3-8H2,1-2H3/t9-,10-,11?/m0/s1. The van der Waals surface area contributed by atoms with E-state index in [2.05, 4.69) is 13.8 Å². The van der Waals surface area contributed by atoms with Gasteiger partial charge in [0.15, 0.2) is 5.79 Å². The zero-order valence-electron chi connectivity index (χ0n) is 8.71. The summed E-state index contributed by atoms with van der Waals surface area (Å²) in [7, 11) is 0. The summed E-state index contributed by atoms with van der Waals surface area (Å²) >= 11 is 0. The molecule has 2 nitrogen and oxygen atoms in total. The summed E-state index contributed by atoms with van der Waals surface area (Å²) in [5, 5.41) is 0. The van der Waals surface area contributed by atoms with Gasteiger partial charge in [0.2, 0.25) is 0 Å². The Hall–Kier alpha value is -0.0800. The van der Waals surface area contributed by atoms with Gasteiger partial charge in [-0.05, 0) is 25.7 Å². The van der Waals surface area contributed by atoms with Crippen LogP contribution in [0, 0.1) is 11.8 Å². The van der Waals surface area contributed by atoms with E-state index >= 15 is 0 Å². The Morgan fingerprint density at radius 3 is 1.77 bits per heavy atom. The van der Waals surface area contributed by atoms with E-state index in [4.69, 9.17) is 9.47 Å². The second kappa shape index (κ2) is 3.58. The zero-order chi connectivity index (χ0) is 9.31. The lowest BCUT2D eigenvalue weighted by Gasteiger charge is -2.48. The molecule has 0 aromatic carbocycles. The highest BCUT2D eigenvalue weighted by Gasteiger charge is 2.46. The van der Waals surface area contributed by atoms with E-state index in [9.17, 15) is 0 Å². The van der Waals surface area contributed by atoms with E-state index < -0.39 is 0 Å². The summed E-state index contributed by atoms with van der Waals surface area (Å²) in [5.41, 5.74) is 0. The first kappa shape index (κ1) is 9.47. The fraction of sp³-hybridized carbons (Fsp3) is 1.00. The Kier molecular flexibility index (Phi) is 2.61. The molecular formula is C11H20O2. The second-order valence-electron chi connectivity index (χ2n) is 4.50. The van der Waals surface area contributed by atoms with E-state index in [1.165, 1.54) is 25.7 Å². The smallest absolute Gasteiger partial charge is 0.173 e. The van der Waals surface area contributed by atoms with Gasteiger partial charge < -0.3 is 9.47 Å². The second-order valence-corrected chi connectivity index (χ2v) is 4.50. The van der Waals surface area contributed by atoms with E-state index in [1.54, 1.807) is 0 Å². The maximum atomic E-state index is 5.91. The van der Waals surface area contributed by atoms with Gasteiger partial charge in [0.1, 0.15) is 0 Å². The minimum absolute atomic E-state index is 0.226. The molecule has 0 aromatic heterocycles. The van der Waals surface area contributed by atoms with E-state index in [0.717, 1.165) is 13.2 Å². The maximum Gasteiger partial charge on any atom is 0.173 e. The van der Waals surface area contributed by atoms with Crippen LogP contribution in [0.5, 0.6) is 0 Å². The van der Waals surface area contributed by atoms with Crippen LogP contribution in [0.1, 0.15) is 39.5 Å². The van der Waals surface area contributed by atoms with Crippen molar-refractivity contribution in [2.24, 2.45) is 11.8 Å². The molecule has 0 amide bonds. The molecule has 2 atom stereocenters. The van der Waals surface area contributed by atoms with Crippen molar-refractivity contribution in [3.63, 3.8) is 0 Å². The molecule has 0 radical (unpaired) electrons. The third-order valence-electron chi connectivity index (χ3n) is 3.59. The quantitative estimate of drug-likeness (QED) is 0.576. The Balaban J connectivity index is 2.13. The Labute approximate surface area is 80.6 Å². The molecule has 0 aliphatic carbocycles. The van der Waals surface area contributed by atoms with Crippen LogP contribution in [0.2, 0.25) is 0 Å². The number of ether oxygens (including phenoxy) is 2. The van der Waals surface area contributed by atoms with Crippen LogP contribution in [-0.4, -0.2) is 19.0 Å². The first-order valence-electron chi connectivity index (χ1n) is 5.53. The summed E-state index contributed by atoms with van der Waals surface area (Å²) in [6.07, 6.45) is 4.90. The molecule has 13 heavy (non-hydrogen) atoms. The summed E-state index contributed by atoms with van der Waals surface area (Å²) in [4.78, 5) is 0. The predicted octanol–water partition coefficient (Wildman–Crippen LogP) is 2.58. The molecule has 2 heterocycles. The molecule has 2 aliphatic heterocycles. The Morgan fingerprint density at radius 2 is 1.38 bits per heavy atom. The van der Waals surface area contributed by atoms with Crippen LogP contribution in [0.25, 0.3) is 0 Å². The van der Waals surface area contributed by atoms with Crippen molar-refractivity contribution in [3.8, 4) is 0 Å². The van der Waals surface area contributed by atoms with E-state index in [-0.39, 0.29) is 5.79 Å². The predicted molar refractivity (Wildman–Crippen MR) is 51.4 cm³/mol. The van der Waals surface area contributed by atoms with Crippen molar-refractivity contribution in [2.45, 2.75) is 45.3 Å². The lowest BCUT2D eigenvalue weighted by molar-refractivity contribution is -0.320. The van der Waals surface area contributed by atoms with Crippen LogP contribution >= 0.6 is 0 Å². The first-order valence-corrected chi connectivity index (χ1v) is 5.53. The highest BCUT2D eigenvalue weighted by molar-refractivity contribution is 4.87. The van der Waals surface area contributed by atoms with Crippen LogP contribution in [0.15, 0.2) is 0 Å². The van der Waals surface area contributed by atoms with Crippen molar-refractivity contribution in [2.75, 3.05) is 13.2 Å². The minimum atomic E-state index is -0.226. The van der Waals surface area contributed by atoms with Gasteiger partial charge in [0.05, 0.1) is 13.2 Å². The summed E-state index contributed by atoms with van der Waals surface area (Å²) in [5.74, 6) is 0.907. The molecule has 0 aromatic rings. The summed E-state index contributed by atoms with van der Waals surface area (Å²) in [6.45, 7) is 6.30. The van der Waals surface area contributed by atoms with Gasteiger partial charge in [-0.25, -0.2) is 0 Å². The number of hydrogen-bond acceptors (Lipinski definition) is 2. The highest BCUT2D eigenvalue weighted by Crippen LogP contribution is 2.42. The molecule has 0 N–H and O–H groups in total. The van der Waals surface area contributed by atoms with Crippen molar-refractivity contribution in [1.82, 2.24) is 0 Å². The fourth-order valence-electron chi connectivity index (χ4n) is 2.74. The Bertz CT molecular complexity index is 159. The molecular weight excluding hydrogens is 164 g/mol. The van der Waals surface area contributed by atoms with Gasteiger partial charge in [-0.1, -0.05) is 13.8 Å². The zero-order valence-corrected chi connectivity index (χ0v) is 8.71. The topological polar surface area (TPSA) is 18.5 Å². The van der Waals surface area contributed by atoms with Gasteiger partial charge in [0, 0.05) is 11.8 Å². The lowest BCUT2D eigenvalue weighted by atomic mass is 9.80. The third kappa shape index (κ3) is 1.50. The SMILES string of the molecule is C[C@H]1CCCOC12OCCC[C@@H]2C. The number of hydrogen-bond donors (Lipinski definition) is 0. The lowest BCUT2D eigenvalue weighted by Crippen LogP contribution is -2.53. The normalized spacial score (nSPS) is 39.2. The molecule has 0 saturated carbocycles. The van der Waals surface area contributed by atoms with Crippen molar-refractivity contribution in [3.05, 3.63) is 0 Å². The molecule has 2 rings (SSSR count). The van der Waals surface area contributed by atoms with Crippen molar-refractivity contribution in [1.29, 1.82) is 0 Å². The largest absolute Gasteiger partial charge is 0.349 e. The average Bonchev–Trinajstić information content (AvgIpc) is 2.15. The highest BCUT2D eigenvalue weighted by atomic mass is 16.7. The van der Waals surface area contributed by atoms with E-state index in [0.29, 0.717) is 11.8 Å². The van der Waals surface area contributed by atoms with Gasteiger partial charge in [-0.3, -0.25) is 0 Å². The average molecular weight is 184 g/mol. The molecule has 0 bridgehead atoms. The van der Waals surface area contributed by atoms with Gasteiger partial charge in [-0.2, -0.15) is 0 Å². The molecule has 1 spiro atoms. The van der Waals surface area contributed by atoms with Crippen LogP contribution < -0.4 is 0 Å². The molecule has 2 heteroatoms. The summed E-state index contributed by atoms with van der Waals surface area (Å²) < 4.78 is 11.8. The monoisotopic (exact) mass is 184 g/mol. The molecule has 2 fully saturated rings. The molecule has 0 unspecified atom stereocenters. The first-order chi connectivity index (χ1) is 6.26. The Morgan fingerprint density at radius 1 is 0.923 bits per heavy atom. The fourth-order valence-corrected chi connectivity index (χ4v) is 2.74. The molecule has 2 saturated heterocycles. The molecule has 2 aliphatic rings. The van der Waals surface area contributed by atoms with Crippen molar-refractivity contribution < 1.29 is 9.47 Å². The van der Waals surface area contributed by atoms with Crippen LogP contribution in [-0.2, 0) is 9.47 Å². The number of rotatable bonds is 0. The summed E-state index contributed by atoms with van der Waals surface area (Å²) in [6, 6.07) is 0. The maximum absolute atomic E-state index is 5.91.